The van der Waals surface area contributed by atoms with Gasteiger partial charge in [0.25, 0.3) is 11.8 Å². The summed E-state index contributed by atoms with van der Waals surface area (Å²) in [6.07, 6.45) is 0. The molecule has 0 spiro atoms. The average molecular weight is 417 g/mol. The Labute approximate surface area is 176 Å². The molecule has 156 valence electrons. The van der Waals surface area contributed by atoms with Crippen LogP contribution in [0, 0.1) is 5.92 Å². The Hall–Kier alpha value is -2.54. The van der Waals surface area contributed by atoms with Crippen LogP contribution >= 0.6 is 11.3 Å². The van der Waals surface area contributed by atoms with Gasteiger partial charge in [-0.2, -0.15) is 0 Å². The highest BCUT2D eigenvalue weighted by Crippen LogP contribution is 2.29. The molecule has 2 amide bonds. The predicted molar refractivity (Wildman–Crippen MR) is 114 cm³/mol. The lowest BCUT2D eigenvalue weighted by molar-refractivity contribution is 0.0538. The minimum absolute atomic E-state index is 0.0392. The maximum Gasteiger partial charge on any atom is 0.264 e. The second-order valence-electron chi connectivity index (χ2n) is 7.36. The Bertz CT molecular complexity index is 827. The molecule has 0 atom stereocenters. The van der Waals surface area contributed by atoms with Gasteiger partial charge in [0.2, 0.25) is 0 Å². The Morgan fingerprint density at radius 2 is 1.69 bits per heavy atom. The summed E-state index contributed by atoms with van der Waals surface area (Å²) in [5.41, 5.74) is 0.573. The van der Waals surface area contributed by atoms with Crippen molar-refractivity contribution in [2.75, 3.05) is 39.4 Å². The third-order valence-electron chi connectivity index (χ3n) is 4.65. The van der Waals surface area contributed by atoms with E-state index in [2.05, 4.69) is 13.8 Å². The van der Waals surface area contributed by atoms with Crippen molar-refractivity contribution in [1.29, 1.82) is 0 Å². The third kappa shape index (κ3) is 5.29. The molecule has 0 N–H and O–H groups in total. The summed E-state index contributed by atoms with van der Waals surface area (Å²) in [6.45, 7) is 9.28. The summed E-state index contributed by atoms with van der Waals surface area (Å²) in [6, 6.07) is 9.05. The number of nitrogens with zero attached hydrogens (tertiary/aromatic N) is 2. The van der Waals surface area contributed by atoms with Gasteiger partial charge >= 0.3 is 0 Å². The van der Waals surface area contributed by atoms with Gasteiger partial charge in [-0.3, -0.25) is 9.59 Å². The van der Waals surface area contributed by atoms with E-state index in [4.69, 9.17) is 9.47 Å². The third-order valence-corrected chi connectivity index (χ3v) is 5.51. The van der Waals surface area contributed by atoms with E-state index < -0.39 is 0 Å². The summed E-state index contributed by atoms with van der Waals surface area (Å²) >= 11 is 1.44. The SMILES string of the molecule is CCOc1cc(C(=O)N2CCN(C(=O)c3cccs3)CC2)ccc1OCC(C)C. The van der Waals surface area contributed by atoms with Crippen LogP contribution in [0.2, 0.25) is 0 Å². The number of carbonyl (C=O) groups excluding carboxylic acids is 2. The normalized spacial score (nSPS) is 14.2. The number of carbonyl (C=O) groups is 2. The van der Waals surface area contributed by atoms with Gasteiger partial charge in [0.1, 0.15) is 0 Å². The molecule has 2 aromatic rings. The average Bonchev–Trinajstić information content (AvgIpc) is 3.27. The van der Waals surface area contributed by atoms with Gasteiger partial charge in [-0.25, -0.2) is 0 Å². The van der Waals surface area contributed by atoms with Crippen LogP contribution in [0.5, 0.6) is 11.5 Å². The molecule has 1 aromatic heterocycles. The minimum atomic E-state index is -0.0513. The van der Waals surface area contributed by atoms with Crippen LogP contribution in [0.4, 0.5) is 0 Å². The fraction of sp³-hybridized carbons (Fsp3) is 0.455. The maximum absolute atomic E-state index is 13.0. The highest BCUT2D eigenvalue weighted by atomic mass is 32.1. The molecule has 0 unspecified atom stereocenters. The fourth-order valence-corrected chi connectivity index (χ4v) is 3.83. The van der Waals surface area contributed by atoms with Crippen LogP contribution in [0.15, 0.2) is 35.7 Å². The second-order valence-corrected chi connectivity index (χ2v) is 8.31. The second kappa shape index (κ2) is 9.78. The van der Waals surface area contributed by atoms with Crippen molar-refractivity contribution in [1.82, 2.24) is 9.80 Å². The number of thiophene rings is 1. The van der Waals surface area contributed by atoms with E-state index in [1.807, 2.05) is 29.3 Å². The molecule has 1 saturated heterocycles. The lowest BCUT2D eigenvalue weighted by Gasteiger charge is -2.34. The summed E-state index contributed by atoms with van der Waals surface area (Å²) in [7, 11) is 0. The first kappa shape index (κ1) is 21.2. The Kier molecular flexibility index (Phi) is 7.14. The molecule has 29 heavy (non-hydrogen) atoms. The van der Waals surface area contributed by atoms with Crippen LogP contribution in [-0.2, 0) is 0 Å². The van der Waals surface area contributed by atoms with Gasteiger partial charge in [-0.15, -0.1) is 11.3 Å². The Morgan fingerprint density at radius 3 is 2.28 bits per heavy atom. The molecular weight excluding hydrogens is 388 g/mol. The van der Waals surface area contributed by atoms with E-state index >= 15 is 0 Å². The van der Waals surface area contributed by atoms with Gasteiger partial charge < -0.3 is 19.3 Å². The lowest BCUT2D eigenvalue weighted by Crippen LogP contribution is -2.50. The first-order chi connectivity index (χ1) is 14.0. The van der Waals surface area contributed by atoms with Crippen molar-refractivity contribution in [3.05, 3.63) is 46.2 Å². The van der Waals surface area contributed by atoms with Crippen LogP contribution in [0.3, 0.4) is 0 Å². The van der Waals surface area contributed by atoms with E-state index in [1.54, 1.807) is 23.1 Å². The lowest BCUT2D eigenvalue weighted by atomic mass is 10.1. The van der Waals surface area contributed by atoms with Crippen molar-refractivity contribution in [2.24, 2.45) is 5.92 Å². The minimum Gasteiger partial charge on any atom is -0.490 e. The monoisotopic (exact) mass is 416 g/mol. The molecule has 0 aliphatic carbocycles. The van der Waals surface area contributed by atoms with Gasteiger partial charge in [-0.05, 0) is 42.5 Å². The zero-order chi connectivity index (χ0) is 20.8. The number of amides is 2. The van der Waals surface area contributed by atoms with Crippen LogP contribution in [0.1, 0.15) is 40.8 Å². The highest BCUT2D eigenvalue weighted by molar-refractivity contribution is 7.12. The van der Waals surface area contributed by atoms with Gasteiger partial charge in [0.05, 0.1) is 18.1 Å². The number of hydrogen-bond acceptors (Lipinski definition) is 5. The Morgan fingerprint density at radius 1 is 1.00 bits per heavy atom. The summed E-state index contributed by atoms with van der Waals surface area (Å²) in [4.78, 5) is 29.8. The Balaban J connectivity index is 1.64. The first-order valence-electron chi connectivity index (χ1n) is 10.0. The molecule has 0 bridgehead atoms. The molecular formula is C22H28N2O4S. The first-order valence-corrected chi connectivity index (χ1v) is 10.9. The summed E-state index contributed by atoms with van der Waals surface area (Å²) in [5.74, 6) is 1.63. The molecule has 1 aliphatic heterocycles. The number of benzene rings is 1. The molecule has 1 aliphatic rings. The zero-order valence-electron chi connectivity index (χ0n) is 17.2. The molecule has 0 saturated carbocycles. The van der Waals surface area contributed by atoms with Gasteiger partial charge in [0, 0.05) is 31.7 Å². The van der Waals surface area contributed by atoms with Crippen molar-refractivity contribution in [3.8, 4) is 11.5 Å². The fourth-order valence-electron chi connectivity index (χ4n) is 3.14. The number of piperazine rings is 1. The molecule has 7 heteroatoms. The smallest absolute Gasteiger partial charge is 0.264 e. The van der Waals surface area contributed by atoms with Crippen molar-refractivity contribution < 1.29 is 19.1 Å². The van der Waals surface area contributed by atoms with Crippen molar-refractivity contribution in [2.45, 2.75) is 20.8 Å². The number of ether oxygens (including phenoxy) is 2. The van der Waals surface area contributed by atoms with Crippen molar-refractivity contribution >= 4 is 23.2 Å². The van der Waals surface area contributed by atoms with Crippen LogP contribution < -0.4 is 9.47 Å². The highest BCUT2D eigenvalue weighted by Gasteiger charge is 2.26. The molecule has 1 fully saturated rings. The summed E-state index contributed by atoms with van der Waals surface area (Å²) < 4.78 is 11.5. The van der Waals surface area contributed by atoms with Gasteiger partial charge in [-0.1, -0.05) is 19.9 Å². The van der Waals surface area contributed by atoms with E-state index in [0.717, 1.165) is 4.88 Å². The predicted octanol–water partition coefficient (Wildman–Crippen LogP) is 3.78. The molecule has 1 aromatic carbocycles. The van der Waals surface area contributed by atoms with Gasteiger partial charge in [0.15, 0.2) is 11.5 Å². The number of hydrogen-bond donors (Lipinski definition) is 0. The molecule has 3 rings (SSSR count). The number of rotatable bonds is 7. The largest absolute Gasteiger partial charge is 0.490 e. The van der Waals surface area contributed by atoms with Crippen molar-refractivity contribution in [3.63, 3.8) is 0 Å². The van der Waals surface area contributed by atoms with E-state index in [-0.39, 0.29) is 11.8 Å². The maximum atomic E-state index is 13.0. The zero-order valence-corrected chi connectivity index (χ0v) is 18.0. The molecule has 2 heterocycles. The van der Waals surface area contributed by atoms with E-state index in [1.165, 1.54) is 11.3 Å². The quantitative estimate of drug-likeness (QED) is 0.689. The van der Waals surface area contributed by atoms with Crippen LogP contribution in [0.25, 0.3) is 0 Å². The standard InChI is InChI=1S/C22H28N2O4S/c1-4-27-19-14-17(7-8-18(19)28-15-16(2)3)21(25)23-9-11-24(12-10-23)22(26)20-6-5-13-29-20/h5-8,13-14,16H,4,9-12,15H2,1-3H3. The van der Waals surface area contributed by atoms with E-state index in [0.29, 0.717) is 62.4 Å². The molecule has 0 radical (unpaired) electrons. The summed E-state index contributed by atoms with van der Waals surface area (Å²) in [5, 5.41) is 1.90. The topological polar surface area (TPSA) is 59.1 Å². The molecule has 6 nitrogen and oxygen atoms in total. The van der Waals surface area contributed by atoms with Crippen LogP contribution in [-0.4, -0.2) is 61.0 Å². The van der Waals surface area contributed by atoms with E-state index in [9.17, 15) is 9.59 Å².